The first-order valence-corrected chi connectivity index (χ1v) is 16.3. The van der Waals surface area contributed by atoms with Crippen molar-refractivity contribution >= 4 is 45.8 Å². The van der Waals surface area contributed by atoms with Gasteiger partial charge in [-0.3, -0.25) is 9.59 Å². The number of hydrogen-bond acceptors (Lipinski definition) is 6. The molecule has 1 aliphatic heterocycles. The molecule has 2 aliphatic carbocycles. The predicted octanol–water partition coefficient (Wildman–Crippen LogP) is 8.25. The summed E-state index contributed by atoms with van der Waals surface area (Å²) in [4.78, 5) is 30.5. The van der Waals surface area contributed by atoms with Crippen LogP contribution in [0, 0.1) is 14.4 Å². The molecule has 0 bridgehead atoms. The van der Waals surface area contributed by atoms with E-state index in [9.17, 15) is 9.59 Å². The van der Waals surface area contributed by atoms with Crippen molar-refractivity contribution in [1.82, 2.24) is 4.90 Å². The van der Waals surface area contributed by atoms with Crippen molar-refractivity contribution in [1.29, 1.82) is 0 Å². The Bertz CT molecular complexity index is 1440. The molecule has 0 fully saturated rings. The SMILES string of the molecule is COCCCN1C2=C(C(=O)CC(C)(C)C2)C(c2cc(I)c(OCc3ccc(Cl)cc3)c(OC)c2)C2=C1CC(C)(C)CC2=O. The summed E-state index contributed by atoms with van der Waals surface area (Å²) in [6.45, 7) is 10.3. The topological polar surface area (TPSA) is 65.1 Å². The molecule has 5 rings (SSSR count). The first kappa shape index (κ1) is 32.0. The number of halogens is 2. The highest BCUT2D eigenvalue weighted by Crippen LogP contribution is 2.55. The molecular weight excluding hydrogens is 677 g/mol. The van der Waals surface area contributed by atoms with Gasteiger partial charge in [0.15, 0.2) is 23.1 Å². The molecule has 0 saturated carbocycles. The highest BCUT2D eigenvalue weighted by molar-refractivity contribution is 14.1. The van der Waals surface area contributed by atoms with E-state index in [0.29, 0.717) is 49.1 Å². The van der Waals surface area contributed by atoms with Crippen molar-refractivity contribution in [3.63, 3.8) is 0 Å². The number of nitrogens with zero attached hydrogens (tertiary/aromatic N) is 1. The number of allylic oxidation sites excluding steroid dienone is 4. The van der Waals surface area contributed by atoms with E-state index in [1.165, 1.54) is 0 Å². The second-order valence-electron chi connectivity index (χ2n) is 13.5. The quantitative estimate of drug-likeness (QED) is 0.192. The molecule has 0 unspecified atom stereocenters. The number of carbonyl (C=O) groups is 2. The van der Waals surface area contributed by atoms with Crippen molar-refractivity contribution in [2.75, 3.05) is 27.4 Å². The molecule has 3 aliphatic rings. The van der Waals surface area contributed by atoms with Gasteiger partial charge in [-0.05, 0) is 88.1 Å². The summed E-state index contributed by atoms with van der Waals surface area (Å²) >= 11 is 8.33. The van der Waals surface area contributed by atoms with Gasteiger partial charge in [0, 0.05) is 66.6 Å². The number of Topliss-reactive ketones (excluding diaryl/α,β-unsaturated/α-hetero) is 2. The summed E-state index contributed by atoms with van der Waals surface area (Å²) in [7, 11) is 3.33. The van der Waals surface area contributed by atoms with Crippen LogP contribution >= 0.6 is 34.2 Å². The van der Waals surface area contributed by atoms with Crippen LogP contribution in [0.15, 0.2) is 58.9 Å². The molecule has 2 aromatic rings. The molecule has 2 aromatic carbocycles. The van der Waals surface area contributed by atoms with Crippen molar-refractivity contribution in [3.05, 3.63) is 78.7 Å². The number of carbonyl (C=O) groups excluding carboxylic acids is 2. The van der Waals surface area contributed by atoms with Gasteiger partial charge < -0.3 is 19.1 Å². The van der Waals surface area contributed by atoms with E-state index < -0.39 is 5.92 Å². The van der Waals surface area contributed by atoms with Crippen molar-refractivity contribution < 1.29 is 23.8 Å². The van der Waals surface area contributed by atoms with Crippen molar-refractivity contribution in [2.45, 2.75) is 72.3 Å². The Morgan fingerprint density at radius 3 is 2.02 bits per heavy atom. The lowest BCUT2D eigenvalue weighted by Crippen LogP contribution is -2.44. The number of rotatable bonds is 9. The van der Waals surface area contributed by atoms with Crippen molar-refractivity contribution in [3.8, 4) is 11.5 Å². The van der Waals surface area contributed by atoms with Gasteiger partial charge in [-0.15, -0.1) is 0 Å². The van der Waals surface area contributed by atoms with E-state index in [1.807, 2.05) is 30.3 Å². The zero-order valence-electron chi connectivity index (χ0n) is 25.9. The van der Waals surface area contributed by atoms with Crippen LogP contribution < -0.4 is 9.47 Å². The zero-order valence-corrected chi connectivity index (χ0v) is 28.9. The minimum absolute atomic E-state index is 0.120. The second-order valence-corrected chi connectivity index (χ2v) is 15.1. The zero-order chi connectivity index (χ0) is 31.1. The Morgan fingerprint density at radius 1 is 0.907 bits per heavy atom. The maximum absolute atomic E-state index is 14.1. The fourth-order valence-electron chi connectivity index (χ4n) is 6.80. The molecule has 8 heteroatoms. The largest absolute Gasteiger partial charge is 0.493 e. The van der Waals surface area contributed by atoms with Gasteiger partial charge in [0.1, 0.15) is 6.61 Å². The van der Waals surface area contributed by atoms with Crippen LogP contribution in [0.25, 0.3) is 0 Å². The lowest BCUT2D eigenvalue weighted by molar-refractivity contribution is -0.119. The molecule has 0 aromatic heterocycles. The second kappa shape index (κ2) is 12.6. The van der Waals surface area contributed by atoms with E-state index in [0.717, 1.165) is 56.5 Å². The van der Waals surface area contributed by atoms with E-state index >= 15 is 0 Å². The van der Waals surface area contributed by atoms with Crippen LogP contribution in [-0.4, -0.2) is 43.8 Å². The summed E-state index contributed by atoms with van der Waals surface area (Å²) in [5.74, 6) is 1.01. The minimum Gasteiger partial charge on any atom is -0.493 e. The number of hydrogen-bond donors (Lipinski definition) is 0. The summed E-state index contributed by atoms with van der Waals surface area (Å²) in [6, 6.07) is 11.6. The third-order valence-electron chi connectivity index (χ3n) is 8.63. The normalized spacial score (nSPS) is 19.9. The summed E-state index contributed by atoms with van der Waals surface area (Å²) in [5.41, 5.74) is 5.18. The van der Waals surface area contributed by atoms with Crippen LogP contribution in [-0.2, 0) is 20.9 Å². The molecule has 0 spiro atoms. The number of benzene rings is 2. The average molecular weight is 718 g/mol. The Morgan fingerprint density at radius 2 is 1.49 bits per heavy atom. The molecule has 0 N–H and O–H groups in total. The number of ketones is 2. The van der Waals surface area contributed by atoms with Crippen LogP contribution in [0.2, 0.25) is 5.02 Å². The molecular formula is C35H41ClINO5. The maximum Gasteiger partial charge on any atom is 0.174 e. The molecule has 0 radical (unpaired) electrons. The van der Waals surface area contributed by atoms with Gasteiger partial charge in [0.25, 0.3) is 0 Å². The van der Waals surface area contributed by atoms with Gasteiger partial charge in [0.05, 0.1) is 10.7 Å². The fraction of sp³-hybridized carbons (Fsp3) is 0.486. The van der Waals surface area contributed by atoms with E-state index in [-0.39, 0.29) is 22.4 Å². The smallest absolute Gasteiger partial charge is 0.174 e. The van der Waals surface area contributed by atoms with Crippen LogP contribution in [0.3, 0.4) is 0 Å². The van der Waals surface area contributed by atoms with Gasteiger partial charge >= 0.3 is 0 Å². The van der Waals surface area contributed by atoms with Crippen LogP contribution in [0.4, 0.5) is 0 Å². The molecule has 0 atom stereocenters. The highest BCUT2D eigenvalue weighted by atomic mass is 127. The number of methoxy groups -OCH3 is 2. The Kier molecular flexibility index (Phi) is 9.36. The van der Waals surface area contributed by atoms with Crippen LogP contribution in [0.5, 0.6) is 11.5 Å². The predicted molar refractivity (Wildman–Crippen MR) is 178 cm³/mol. The van der Waals surface area contributed by atoms with E-state index in [2.05, 4.69) is 61.3 Å². The lowest BCUT2D eigenvalue weighted by atomic mass is 9.63. The monoisotopic (exact) mass is 717 g/mol. The van der Waals surface area contributed by atoms with E-state index in [4.69, 9.17) is 25.8 Å². The number of ether oxygens (including phenoxy) is 3. The molecule has 6 nitrogen and oxygen atoms in total. The fourth-order valence-corrected chi connectivity index (χ4v) is 7.71. The third kappa shape index (κ3) is 6.69. The Labute approximate surface area is 273 Å². The molecule has 43 heavy (non-hydrogen) atoms. The summed E-state index contributed by atoms with van der Waals surface area (Å²) < 4.78 is 18.4. The molecule has 230 valence electrons. The highest BCUT2D eigenvalue weighted by Gasteiger charge is 2.49. The van der Waals surface area contributed by atoms with Gasteiger partial charge in [-0.1, -0.05) is 51.4 Å². The maximum atomic E-state index is 14.1. The lowest BCUT2D eigenvalue weighted by Gasteiger charge is -2.49. The first-order chi connectivity index (χ1) is 20.3. The summed E-state index contributed by atoms with van der Waals surface area (Å²) in [5, 5.41) is 0.675. The Hall–Kier alpha value is -2.36. The summed E-state index contributed by atoms with van der Waals surface area (Å²) in [6.07, 6.45) is 3.27. The van der Waals surface area contributed by atoms with E-state index in [1.54, 1.807) is 14.2 Å². The standard InChI is InChI=1S/C35H41ClINO5/c1-34(2)16-25-31(27(39)18-34)30(32-26(38(25)12-7-13-41-5)17-35(3,4)19-28(32)40)22-14-24(37)33(29(15-22)42-6)43-20-21-8-10-23(36)11-9-21/h8-11,14-15,30H,7,12-13,16-20H2,1-6H3. The average Bonchev–Trinajstić information content (AvgIpc) is 2.92. The van der Waals surface area contributed by atoms with Crippen LogP contribution in [0.1, 0.15) is 76.8 Å². The van der Waals surface area contributed by atoms with Crippen molar-refractivity contribution in [2.24, 2.45) is 10.8 Å². The van der Waals surface area contributed by atoms with Gasteiger partial charge in [0.2, 0.25) is 0 Å². The third-order valence-corrected chi connectivity index (χ3v) is 9.69. The molecule has 1 heterocycles. The van der Waals surface area contributed by atoms with Gasteiger partial charge in [-0.2, -0.15) is 0 Å². The molecule has 0 amide bonds. The Balaban J connectivity index is 1.64. The first-order valence-electron chi connectivity index (χ1n) is 14.9. The molecule has 0 saturated heterocycles. The van der Waals surface area contributed by atoms with Gasteiger partial charge in [-0.25, -0.2) is 0 Å². The minimum atomic E-state index is -0.441.